The summed E-state index contributed by atoms with van der Waals surface area (Å²) in [5.41, 5.74) is 1.39. The number of fused-ring (bicyclic) bond motifs is 3. The normalized spacial score (nSPS) is 15.6. The number of rotatable bonds is 2. The van der Waals surface area contributed by atoms with Crippen molar-refractivity contribution in [1.82, 2.24) is 4.98 Å². The lowest BCUT2D eigenvalue weighted by molar-refractivity contribution is 0.0971. The molecule has 0 aliphatic carbocycles. The maximum atomic E-state index is 13.7. The topological polar surface area (TPSA) is 83.6 Å². The van der Waals surface area contributed by atoms with Crippen molar-refractivity contribution >= 4 is 43.6 Å². The lowest BCUT2D eigenvalue weighted by Crippen LogP contribution is -2.29. The van der Waals surface area contributed by atoms with E-state index < -0.39 is 17.8 Å². The number of benzene rings is 3. The average molecular weight is 444 g/mol. The summed E-state index contributed by atoms with van der Waals surface area (Å²) in [7, 11) is 0. The number of phenolic OH excluding ortho intramolecular Hbond substituents is 1. The van der Waals surface area contributed by atoms with Crippen molar-refractivity contribution < 1.29 is 18.7 Å². The average Bonchev–Trinajstić information content (AvgIpc) is 3.33. The number of para-hydroxylation sites is 1. The van der Waals surface area contributed by atoms with E-state index in [9.17, 15) is 19.1 Å². The molecule has 0 fully saturated rings. The van der Waals surface area contributed by atoms with Gasteiger partial charge in [-0.3, -0.25) is 14.5 Å². The van der Waals surface area contributed by atoms with E-state index in [2.05, 4.69) is 4.98 Å². The molecule has 156 valence electrons. The monoisotopic (exact) mass is 444 g/mol. The zero-order valence-corrected chi connectivity index (χ0v) is 17.1. The fraction of sp³-hybridized carbons (Fsp3) is 0.0417. The fourth-order valence-electron chi connectivity index (χ4n) is 4.08. The van der Waals surface area contributed by atoms with E-state index in [0.717, 1.165) is 11.3 Å². The Morgan fingerprint density at radius 1 is 1.03 bits per heavy atom. The van der Waals surface area contributed by atoms with Crippen LogP contribution in [-0.2, 0) is 0 Å². The maximum absolute atomic E-state index is 13.7. The van der Waals surface area contributed by atoms with Gasteiger partial charge in [0.2, 0.25) is 5.76 Å². The van der Waals surface area contributed by atoms with Crippen molar-refractivity contribution in [3.63, 3.8) is 0 Å². The minimum Gasteiger partial charge on any atom is -0.508 e. The maximum Gasteiger partial charge on any atom is 0.297 e. The zero-order valence-electron chi connectivity index (χ0n) is 16.3. The molecule has 1 N–H and O–H groups in total. The molecule has 0 radical (unpaired) electrons. The summed E-state index contributed by atoms with van der Waals surface area (Å²) in [4.78, 5) is 32.9. The van der Waals surface area contributed by atoms with Crippen LogP contribution in [0.2, 0.25) is 0 Å². The van der Waals surface area contributed by atoms with Gasteiger partial charge in [0.1, 0.15) is 17.1 Å². The predicted octanol–water partition coefficient (Wildman–Crippen LogP) is 5.00. The van der Waals surface area contributed by atoms with Crippen LogP contribution in [0, 0.1) is 5.82 Å². The summed E-state index contributed by atoms with van der Waals surface area (Å²) in [5.74, 6) is -0.884. The number of nitrogens with zero attached hydrogens (tertiary/aromatic N) is 2. The van der Waals surface area contributed by atoms with Gasteiger partial charge in [-0.1, -0.05) is 35.6 Å². The smallest absolute Gasteiger partial charge is 0.297 e. The Labute approximate surface area is 183 Å². The third-order valence-electron chi connectivity index (χ3n) is 5.53. The molecule has 1 unspecified atom stereocenters. The molecule has 6 nitrogen and oxygen atoms in total. The molecule has 0 bridgehead atoms. The van der Waals surface area contributed by atoms with Crippen molar-refractivity contribution in [3.05, 3.63) is 99.7 Å². The second-order valence-corrected chi connectivity index (χ2v) is 8.46. The van der Waals surface area contributed by atoms with Gasteiger partial charge in [0.05, 0.1) is 27.2 Å². The van der Waals surface area contributed by atoms with Crippen LogP contribution in [0.4, 0.5) is 9.52 Å². The van der Waals surface area contributed by atoms with Crippen molar-refractivity contribution in [2.24, 2.45) is 0 Å². The van der Waals surface area contributed by atoms with E-state index in [1.807, 2.05) is 0 Å². The number of thiazole rings is 1. The fourth-order valence-corrected chi connectivity index (χ4v) is 5.10. The molecule has 0 saturated heterocycles. The van der Waals surface area contributed by atoms with E-state index in [0.29, 0.717) is 31.9 Å². The number of hydrogen-bond acceptors (Lipinski definition) is 6. The van der Waals surface area contributed by atoms with Crippen LogP contribution in [0.25, 0.3) is 21.2 Å². The quantitative estimate of drug-likeness (QED) is 0.414. The van der Waals surface area contributed by atoms with Crippen molar-refractivity contribution in [1.29, 1.82) is 0 Å². The number of hydrogen-bond donors (Lipinski definition) is 1. The molecule has 5 aromatic rings. The minimum atomic E-state index is -0.802. The van der Waals surface area contributed by atoms with Gasteiger partial charge in [0.25, 0.3) is 5.91 Å². The van der Waals surface area contributed by atoms with E-state index in [-0.39, 0.29) is 22.5 Å². The summed E-state index contributed by atoms with van der Waals surface area (Å²) < 4.78 is 20.2. The first kappa shape index (κ1) is 18.7. The SMILES string of the molecule is O=C1c2oc3ccccc3c(=O)c2C(c2ccc(O)cc2)N1c1nc2ccc(F)cc2s1. The number of aromatic nitrogens is 1. The highest BCUT2D eigenvalue weighted by Gasteiger charge is 2.45. The van der Waals surface area contributed by atoms with Crippen LogP contribution in [-0.4, -0.2) is 16.0 Å². The summed E-state index contributed by atoms with van der Waals surface area (Å²) >= 11 is 1.16. The van der Waals surface area contributed by atoms with Gasteiger partial charge in [0.15, 0.2) is 10.6 Å². The van der Waals surface area contributed by atoms with E-state index in [4.69, 9.17) is 4.42 Å². The van der Waals surface area contributed by atoms with Gasteiger partial charge in [-0.25, -0.2) is 9.37 Å². The number of carbonyl (C=O) groups excluding carboxylic acids is 1. The third-order valence-corrected chi connectivity index (χ3v) is 6.55. The number of amides is 1. The Kier molecular flexibility index (Phi) is 3.93. The van der Waals surface area contributed by atoms with Crippen molar-refractivity contribution in [3.8, 4) is 5.75 Å². The predicted molar refractivity (Wildman–Crippen MR) is 119 cm³/mol. The van der Waals surface area contributed by atoms with E-state index >= 15 is 0 Å². The molecular weight excluding hydrogens is 431 g/mol. The highest BCUT2D eigenvalue weighted by molar-refractivity contribution is 7.22. The van der Waals surface area contributed by atoms with Crippen LogP contribution in [0.3, 0.4) is 0 Å². The van der Waals surface area contributed by atoms with Gasteiger partial charge in [-0.15, -0.1) is 0 Å². The standard InChI is InChI=1S/C24H13FN2O4S/c25-13-7-10-16-18(11-13)32-24(26-16)27-20(12-5-8-14(28)9-6-12)19-21(29)15-3-1-2-4-17(15)31-22(19)23(27)30/h1-11,20,28H. The molecule has 8 heteroatoms. The molecule has 6 rings (SSSR count). The largest absolute Gasteiger partial charge is 0.508 e. The molecule has 1 aliphatic rings. The van der Waals surface area contributed by atoms with Gasteiger partial charge in [0, 0.05) is 0 Å². The minimum absolute atomic E-state index is 0.0442. The van der Waals surface area contributed by atoms with Gasteiger partial charge in [-0.05, 0) is 48.0 Å². The summed E-state index contributed by atoms with van der Waals surface area (Å²) in [6.07, 6.45) is 0. The summed E-state index contributed by atoms with van der Waals surface area (Å²) in [6, 6.07) is 16.5. The van der Waals surface area contributed by atoms with E-state index in [1.165, 1.54) is 29.2 Å². The number of anilines is 1. The highest BCUT2D eigenvalue weighted by atomic mass is 32.1. The Bertz CT molecular complexity index is 1610. The molecule has 0 saturated carbocycles. The lowest BCUT2D eigenvalue weighted by Gasteiger charge is -2.22. The molecule has 1 atom stereocenters. The molecule has 3 heterocycles. The Morgan fingerprint density at radius 3 is 2.62 bits per heavy atom. The van der Waals surface area contributed by atoms with Crippen molar-refractivity contribution in [2.45, 2.75) is 6.04 Å². The van der Waals surface area contributed by atoms with E-state index in [1.54, 1.807) is 42.5 Å². The first-order valence-corrected chi connectivity index (χ1v) is 10.6. The molecule has 1 amide bonds. The first-order chi connectivity index (χ1) is 15.5. The molecular formula is C24H13FN2O4S. The highest BCUT2D eigenvalue weighted by Crippen LogP contribution is 2.43. The van der Waals surface area contributed by atoms with Crippen LogP contribution < -0.4 is 10.3 Å². The molecule has 1 aliphatic heterocycles. The van der Waals surface area contributed by atoms with Crippen LogP contribution in [0.15, 0.2) is 75.9 Å². The summed E-state index contributed by atoms with van der Waals surface area (Å²) in [6.45, 7) is 0. The molecule has 0 spiro atoms. The second-order valence-electron chi connectivity index (χ2n) is 7.45. The lowest BCUT2D eigenvalue weighted by atomic mass is 9.98. The summed E-state index contributed by atoms with van der Waals surface area (Å²) in [5, 5.41) is 10.4. The Balaban J connectivity index is 1.64. The first-order valence-electron chi connectivity index (χ1n) is 9.75. The molecule has 2 aromatic heterocycles. The zero-order chi connectivity index (χ0) is 22.0. The van der Waals surface area contributed by atoms with Gasteiger partial charge >= 0.3 is 0 Å². The molecule has 32 heavy (non-hydrogen) atoms. The van der Waals surface area contributed by atoms with Crippen molar-refractivity contribution in [2.75, 3.05) is 4.90 Å². The van der Waals surface area contributed by atoms with Crippen LogP contribution in [0.5, 0.6) is 5.75 Å². The third kappa shape index (κ3) is 2.66. The number of halogens is 1. The number of aromatic hydroxyl groups is 1. The van der Waals surface area contributed by atoms with Crippen LogP contribution >= 0.6 is 11.3 Å². The number of phenols is 1. The van der Waals surface area contributed by atoms with Gasteiger partial charge < -0.3 is 9.52 Å². The second kappa shape index (κ2) is 6.73. The number of carbonyl (C=O) groups is 1. The Morgan fingerprint density at radius 2 is 1.81 bits per heavy atom. The Hall–Kier alpha value is -4.04. The molecule has 3 aromatic carbocycles. The van der Waals surface area contributed by atoms with Gasteiger partial charge in [-0.2, -0.15) is 0 Å². The van der Waals surface area contributed by atoms with Crippen LogP contribution in [0.1, 0.15) is 27.7 Å².